The van der Waals surface area contributed by atoms with Gasteiger partial charge in [-0.3, -0.25) is 9.78 Å². The van der Waals surface area contributed by atoms with E-state index in [1.807, 2.05) is 6.07 Å². The van der Waals surface area contributed by atoms with Gasteiger partial charge in [-0.1, -0.05) is 17.3 Å². The molecule has 1 fully saturated rings. The van der Waals surface area contributed by atoms with Gasteiger partial charge >= 0.3 is 0 Å². The molecular formula is C17H13FN4O2. The molecule has 2 aromatic heterocycles. The molecule has 0 N–H and O–H groups in total. The van der Waals surface area contributed by atoms with E-state index in [0.717, 1.165) is 5.56 Å². The monoisotopic (exact) mass is 324 g/mol. The van der Waals surface area contributed by atoms with Gasteiger partial charge in [0.1, 0.15) is 5.82 Å². The fourth-order valence-corrected chi connectivity index (χ4v) is 2.79. The Hall–Kier alpha value is -3.09. The van der Waals surface area contributed by atoms with Gasteiger partial charge < -0.3 is 9.42 Å². The van der Waals surface area contributed by atoms with Crippen LogP contribution in [-0.4, -0.2) is 27.6 Å². The van der Waals surface area contributed by atoms with Crippen molar-refractivity contribution in [2.24, 2.45) is 0 Å². The number of carbonyl (C=O) groups is 1. The van der Waals surface area contributed by atoms with E-state index >= 15 is 0 Å². The number of nitrogens with zero attached hydrogens (tertiary/aromatic N) is 4. The van der Waals surface area contributed by atoms with Crippen molar-refractivity contribution in [1.29, 1.82) is 0 Å². The van der Waals surface area contributed by atoms with Gasteiger partial charge in [-0.05, 0) is 24.3 Å². The summed E-state index contributed by atoms with van der Waals surface area (Å²) in [5.41, 5.74) is 1.01. The number of pyridine rings is 1. The SMILES string of the molecule is O=C1CC(c2nc(-c3cccnc3)no2)CN1c1ccccc1F. The third-order valence-electron chi connectivity index (χ3n) is 3.98. The molecule has 0 radical (unpaired) electrons. The molecular weight excluding hydrogens is 311 g/mol. The molecule has 3 aromatic rings. The number of halogens is 1. The number of hydrogen-bond acceptors (Lipinski definition) is 5. The zero-order valence-corrected chi connectivity index (χ0v) is 12.6. The smallest absolute Gasteiger partial charge is 0.232 e. The number of benzene rings is 1. The summed E-state index contributed by atoms with van der Waals surface area (Å²) in [6.07, 6.45) is 3.51. The highest BCUT2D eigenvalue weighted by Gasteiger charge is 2.36. The standard InChI is InChI=1S/C17H13FN4O2/c18-13-5-1-2-6-14(13)22-10-12(8-15(22)23)17-20-16(21-24-17)11-4-3-7-19-9-11/h1-7,9,12H,8,10H2. The first-order chi connectivity index (χ1) is 11.7. The van der Waals surface area contributed by atoms with E-state index in [4.69, 9.17) is 4.52 Å². The molecule has 1 amide bonds. The molecule has 120 valence electrons. The lowest BCUT2D eigenvalue weighted by atomic mass is 10.1. The Balaban J connectivity index is 1.58. The second kappa shape index (κ2) is 5.84. The van der Waals surface area contributed by atoms with Crippen LogP contribution in [-0.2, 0) is 4.79 Å². The van der Waals surface area contributed by atoms with Gasteiger partial charge in [-0.25, -0.2) is 4.39 Å². The van der Waals surface area contributed by atoms with E-state index in [-0.39, 0.29) is 23.9 Å². The van der Waals surface area contributed by atoms with Crippen molar-refractivity contribution < 1.29 is 13.7 Å². The Kier molecular flexibility index (Phi) is 3.53. The summed E-state index contributed by atoms with van der Waals surface area (Å²) >= 11 is 0. The zero-order chi connectivity index (χ0) is 16.5. The predicted molar refractivity (Wildman–Crippen MR) is 83.6 cm³/mol. The van der Waals surface area contributed by atoms with Crippen LogP contribution >= 0.6 is 0 Å². The summed E-state index contributed by atoms with van der Waals surface area (Å²) in [5.74, 6) is -0.0368. The summed E-state index contributed by atoms with van der Waals surface area (Å²) in [6.45, 7) is 0.314. The number of anilines is 1. The van der Waals surface area contributed by atoms with Crippen molar-refractivity contribution in [1.82, 2.24) is 15.1 Å². The highest BCUT2D eigenvalue weighted by atomic mass is 19.1. The minimum Gasteiger partial charge on any atom is -0.339 e. The van der Waals surface area contributed by atoms with Crippen molar-refractivity contribution in [3.63, 3.8) is 0 Å². The van der Waals surface area contributed by atoms with Gasteiger partial charge in [0.15, 0.2) is 0 Å². The molecule has 3 heterocycles. The molecule has 1 atom stereocenters. The van der Waals surface area contributed by atoms with Crippen molar-refractivity contribution in [3.8, 4) is 11.4 Å². The summed E-state index contributed by atoms with van der Waals surface area (Å²) in [5, 5.41) is 3.94. The highest BCUT2D eigenvalue weighted by molar-refractivity contribution is 5.96. The molecule has 0 spiro atoms. The fourth-order valence-electron chi connectivity index (χ4n) is 2.79. The van der Waals surface area contributed by atoms with Crippen molar-refractivity contribution in [3.05, 3.63) is 60.5 Å². The molecule has 24 heavy (non-hydrogen) atoms. The third kappa shape index (κ3) is 2.54. The Morgan fingerprint density at radius 1 is 1.21 bits per heavy atom. The van der Waals surface area contributed by atoms with Gasteiger partial charge in [0.25, 0.3) is 0 Å². The number of amides is 1. The van der Waals surface area contributed by atoms with E-state index in [2.05, 4.69) is 15.1 Å². The van der Waals surface area contributed by atoms with Gasteiger partial charge in [-0.2, -0.15) is 4.98 Å². The topological polar surface area (TPSA) is 72.1 Å². The molecule has 7 heteroatoms. The van der Waals surface area contributed by atoms with Crippen LogP contribution in [0.1, 0.15) is 18.2 Å². The molecule has 0 aliphatic carbocycles. The lowest BCUT2D eigenvalue weighted by Gasteiger charge is -2.16. The van der Waals surface area contributed by atoms with Crippen LogP contribution in [0.25, 0.3) is 11.4 Å². The molecule has 4 rings (SSSR count). The predicted octanol–water partition coefficient (Wildman–Crippen LogP) is 2.79. The molecule has 0 saturated carbocycles. The van der Waals surface area contributed by atoms with Crippen LogP contribution in [0.2, 0.25) is 0 Å². The van der Waals surface area contributed by atoms with E-state index in [9.17, 15) is 9.18 Å². The summed E-state index contributed by atoms with van der Waals surface area (Å²) in [6, 6.07) is 9.83. The van der Waals surface area contributed by atoms with Crippen LogP contribution in [0.5, 0.6) is 0 Å². The van der Waals surface area contributed by atoms with E-state index < -0.39 is 5.82 Å². The first-order valence-electron chi connectivity index (χ1n) is 7.51. The highest BCUT2D eigenvalue weighted by Crippen LogP contribution is 2.32. The van der Waals surface area contributed by atoms with E-state index in [1.165, 1.54) is 11.0 Å². The maximum atomic E-state index is 13.9. The quantitative estimate of drug-likeness (QED) is 0.741. The first kappa shape index (κ1) is 14.5. The molecule has 0 bridgehead atoms. The van der Waals surface area contributed by atoms with Gasteiger partial charge in [0.2, 0.25) is 17.6 Å². The summed E-state index contributed by atoms with van der Waals surface area (Å²) < 4.78 is 19.2. The fraction of sp³-hybridized carbons (Fsp3) is 0.176. The van der Waals surface area contributed by atoms with Crippen molar-refractivity contribution in [2.45, 2.75) is 12.3 Å². The van der Waals surface area contributed by atoms with E-state index in [1.54, 1.807) is 36.7 Å². The lowest BCUT2D eigenvalue weighted by molar-refractivity contribution is -0.117. The average molecular weight is 324 g/mol. The molecule has 1 saturated heterocycles. The number of carbonyl (C=O) groups excluding carboxylic acids is 1. The Morgan fingerprint density at radius 3 is 2.88 bits per heavy atom. The van der Waals surface area contributed by atoms with Gasteiger partial charge in [-0.15, -0.1) is 0 Å². The zero-order valence-electron chi connectivity index (χ0n) is 12.6. The molecule has 1 aromatic carbocycles. The number of aromatic nitrogens is 3. The van der Waals surface area contributed by atoms with Crippen LogP contribution < -0.4 is 4.90 Å². The second-order valence-electron chi connectivity index (χ2n) is 5.55. The van der Waals surface area contributed by atoms with Crippen LogP contribution in [0.4, 0.5) is 10.1 Å². The summed E-state index contributed by atoms with van der Waals surface area (Å²) in [7, 11) is 0. The third-order valence-corrected chi connectivity index (χ3v) is 3.98. The molecule has 1 unspecified atom stereocenters. The number of para-hydroxylation sites is 1. The summed E-state index contributed by atoms with van der Waals surface area (Å²) in [4.78, 5) is 22.0. The number of rotatable bonds is 3. The Labute approximate surface area is 136 Å². The van der Waals surface area contributed by atoms with Crippen LogP contribution in [0, 0.1) is 5.82 Å². The van der Waals surface area contributed by atoms with Crippen molar-refractivity contribution in [2.75, 3.05) is 11.4 Å². The second-order valence-corrected chi connectivity index (χ2v) is 5.55. The van der Waals surface area contributed by atoms with Crippen LogP contribution in [0.3, 0.4) is 0 Å². The lowest BCUT2D eigenvalue weighted by Crippen LogP contribution is -2.25. The maximum Gasteiger partial charge on any atom is 0.232 e. The van der Waals surface area contributed by atoms with Crippen molar-refractivity contribution >= 4 is 11.6 Å². The molecule has 1 aliphatic heterocycles. The Morgan fingerprint density at radius 2 is 2.08 bits per heavy atom. The van der Waals surface area contributed by atoms with E-state index in [0.29, 0.717) is 18.3 Å². The van der Waals surface area contributed by atoms with Crippen LogP contribution in [0.15, 0.2) is 53.3 Å². The number of hydrogen-bond donors (Lipinski definition) is 0. The van der Waals surface area contributed by atoms with Gasteiger partial charge in [0, 0.05) is 30.9 Å². The Bertz CT molecular complexity index is 881. The molecule has 1 aliphatic rings. The maximum absolute atomic E-state index is 13.9. The first-order valence-corrected chi connectivity index (χ1v) is 7.51. The molecule has 6 nitrogen and oxygen atoms in total. The average Bonchev–Trinajstić information content (AvgIpc) is 3.23. The largest absolute Gasteiger partial charge is 0.339 e. The van der Waals surface area contributed by atoms with Gasteiger partial charge in [0.05, 0.1) is 11.6 Å². The minimum absolute atomic E-state index is 0.161. The minimum atomic E-state index is -0.423. The normalized spacial score (nSPS) is 17.5.